The molecule has 25 heavy (non-hydrogen) atoms. The maximum Gasteiger partial charge on any atom is 0.573 e. The lowest BCUT2D eigenvalue weighted by Gasteiger charge is -2.15. The van der Waals surface area contributed by atoms with Crippen LogP contribution in [0.25, 0.3) is 11.1 Å². The molecule has 0 saturated carbocycles. The molecule has 0 spiro atoms. The van der Waals surface area contributed by atoms with Crippen LogP contribution in [-0.2, 0) is 6.54 Å². The molecule has 10 heteroatoms. The molecule has 0 heterocycles. The summed E-state index contributed by atoms with van der Waals surface area (Å²) in [4.78, 5) is 0. The smallest absolute Gasteiger partial charge is 0.406 e. The standard InChI is InChI=1S/C15H11F6NO2.ClH/c16-14(17,18)23-11-6-9(8-22)5-10(7-11)12-3-1-2-4-13(12)24-15(19,20)21;/h1-7H,8,22H2;1H. The number of hydrogen-bond donors (Lipinski definition) is 1. The molecule has 0 radical (unpaired) electrons. The molecule has 2 rings (SSSR count). The molecule has 0 saturated heterocycles. The Hall–Kier alpha value is -2.13. The van der Waals surface area contributed by atoms with Gasteiger partial charge in [-0.1, -0.05) is 18.2 Å². The number of hydrogen-bond acceptors (Lipinski definition) is 3. The van der Waals surface area contributed by atoms with Crippen molar-refractivity contribution in [2.24, 2.45) is 5.73 Å². The van der Waals surface area contributed by atoms with Crippen molar-refractivity contribution in [3.63, 3.8) is 0 Å². The lowest BCUT2D eigenvalue weighted by molar-refractivity contribution is -0.275. The Morgan fingerprint density at radius 1 is 0.840 bits per heavy atom. The molecule has 0 bridgehead atoms. The molecular weight excluding hydrogens is 376 g/mol. The molecule has 3 nitrogen and oxygen atoms in total. The minimum atomic E-state index is -4.94. The highest BCUT2D eigenvalue weighted by atomic mass is 35.5. The zero-order chi connectivity index (χ0) is 18.0. The van der Waals surface area contributed by atoms with Gasteiger partial charge >= 0.3 is 12.7 Å². The Morgan fingerprint density at radius 3 is 2.00 bits per heavy atom. The van der Waals surface area contributed by atoms with Gasteiger partial charge in [0.25, 0.3) is 0 Å². The van der Waals surface area contributed by atoms with Crippen molar-refractivity contribution in [1.29, 1.82) is 0 Å². The Labute approximate surface area is 144 Å². The van der Waals surface area contributed by atoms with Crippen LogP contribution < -0.4 is 15.2 Å². The molecule has 0 fully saturated rings. The number of rotatable bonds is 4. The number of alkyl halides is 6. The first-order chi connectivity index (χ1) is 11.1. The third kappa shape index (κ3) is 6.35. The van der Waals surface area contributed by atoms with Gasteiger partial charge < -0.3 is 15.2 Å². The van der Waals surface area contributed by atoms with Crippen LogP contribution in [0.4, 0.5) is 26.3 Å². The van der Waals surface area contributed by atoms with Crippen LogP contribution in [0.5, 0.6) is 11.5 Å². The highest BCUT2D eigenvalue weighted by Gasteiger charge is 2.33. The summed E-state index contributed by atoms with van der Waals surface area (Å²) in [6, 6.07) is 8.47. The average Bonchev–Trinajstić information content (AvgIpc) is 2.44. The molecule has 2 aromatic carbocycles. The zero-order valence-corrected chi connectivity index (χ0v) is 13.1. The van der Waals surface area contributed by atoms with E-state index in [4.69, 9.17) is 5.73 Å². The predicted octanol–water partition coefficient (Wildman–Crippen LogP) is 5.03. The van der Waals surface area contributed by atoms with Crippen LogP contribution >= 0.6 is 12.4 Å². The van der Waals surface area contributed by atoms with Gasteiger partial charge in [0, 0.05) is 12.1 Å². The first-order valence-electron chi connectivity index (χ1n) is 6.52. The fraction of sp³-hybridized carbons (Fsp3) is 0.200. The van der Waals surface area contributed by atoms with E-state index in [9.17, 15) is 26.3 Å². The molecule has 0 unspecified atom stereocenters. The molecule has 0 aliphatic rings. The van der Waals surface area contributed by atoms with Crippen molar-refractivity contribution in [3.05, 3.63) is 48.0 Å². The molecular formula is C15H12ClF6NO2. The highest BCUT2D eigenvalue weighted by molar-refractivity contribution is 5.85. The van der Waals surface area contributed by atoms with Gasteiger partial charge in [-0.3, -0.25) is 0 Å². The zero-order valence-electron chi connectivity index (χ0n) is 12.3. The highest BCUT2D eigenvalue weighted by Crippen LogP contribution is 2.36. The van der Waals surface area contributed by atoms with Crippen LogP contribution in [-0.4, -0.2) is 12.7 Å². The van der Waals surface area contributed by atoms with Gasteiger partial charge in [-0.05, 0) is 35.4 Å². The molecule has 0 atom stereocenters. The third-order valence-corrected chi connectivity index (χ3v) is 2.86. The first-order valence-corrected chi connectivity index (χ1v) is 6.52. The van der Waals surface area contributed by atoms with E-state index in [1.165, 1.54) is 24.3 Å². The number of nitrogens with two attached hydrogens (primary N) is 1. The van der Waals surface area contributed by atoms with E-state index in [0.717, 1.165) is 18.2 Å². The van der Waals surface area contributed by atoms with Crippen LogP contribution in [0.15, 0.2) is 42.5 Å². The summed E-state index contributed by atoms with van der Waals surface area (Å²) >= 11 is 0. The first kappa shape index (κ1) is 20.9. The van der Waals surface area contributed by atoms with Gasteiger partial charge in [0.05, 0.1) is 0 Å². The quantitative estimate of drug-likeness (QED) is 0.748. The SMILES string of the molecule is Cl.NCc1cc(OC(F)(F)F)cc(-c2ccccc2OC(F)(F)F)c1. The van der Waals surface area contributed by atoms with E-state index in [0.29, 0.717) is 0 Å². The van der Waals surface area contributed by atoms with Crippen molar-refractivity contribution in [2.75, 3.05) is 0 Å². The molecule has 0 amide bonds. The Kier molecular flexibility index (Phi) is 6.55. The summed E-state index contributed by atoms with van der Waals surface area (Å²) in [5.74, 6) is -1.13. The second kappa shape index (κ2) is 7.83. The normalized spacial score (nSPS) is 11.6. The van der Waals surface area contributed by atoms with E-state index >= 15 is 0 Å². The number of para-hydroxylation sites is 1. The second-order valence-electron chi connectivity index (χ2n) is 4.66. The summed E-state index contributed by atoms with van der Waals surface area (Å²) in [5, 5.41) is 0. The maximum absolute atomic E-state index is 12.5. The van der Waals surface area contributed by atoms with Crippen LogP contribution in [0.2, 0.25) is 0 Å². The monoisotopic (exact) mass is 387 g/mol. The molecule has 138 valence electrons. The minimum Gasteiger partial charge on any atom is -0.406 e. The number of ether oxygens (including phenoxy) is 2. The fourth-order valence-corrected chi connectivity index (χ4v) is 2.05. The van der Waals surface area contributed by atoms with E-state index in [1.807, 2.05) is 0 Å². The van der Waals surface area contributed by atoms with Crippen LogP contribution in [0.3, 0.4) is 0 Å². The summed E-state index contributed by atoms with van der Waals surface area (Å²) in [5.41, 5.74) is 5.69. The maximum atomic E-state index is 12.5. The molecule has 0 aliphatic heterocycles. The van der Waals surface area contributed by atoms with Gasteiger partial charge in [0.2, 0.25) is 0 Å². The molecule has 2 aromatic rings. The van der Waals surface area contributed by atoms with Crippen molar-refractivity contribution < 1.29 is 35.8 Å². The molecule has 2 N–H and O–H groups in total. The van der Waals surface area contributed by atoms with Gasteiger partial charge in [0.15, 0.2) is 0 Å². The Bertz CT molecular complexity index is 718. The van der Waals surface area contributed by atoms with Gasteiger partial charge in [-0.15, -0.1) is 38.7 Å². The second-order valence-corrected chi connectivity index (χ2v) is 4.66. The summed E-state index contributed by atoms with van der Waals surface area (Å²) in [7, 11) is 0. The number of benzene rings is 2. The van der Waals surface area contributed by atoms with E-state index < -0.39 is 24.2 Å². The summed E-state index contributed by atoms with van der Waals surface area (Å²) < 4.78 is 82.3. The Balaban J connectivity index is 0.00000312. The Morgan fingerprint density at radius 2 is 1.44 bits per heavy atom. The van der Waals surface area contributed by atoms with Crippen molar-refractivity contribution in [3.8, 4) is 22.6 Å². The van der Waals surface area contributed by atoms with Crippen LogP contribution in [0, 0.1) is 0 Å². The topological polar surface area (TPSA) is 44.5 Å². The lowest BCUT2D eigenvalue weighted by atomic mass is 10.0. The van der Waals surface area contributed by atoms with Crippen LogP contribution in [0.1, 0.15) is 5.56 Å². The lowest BCUT2D eigenvalue weighted by Crippen LogP contribution is -2.18. The van der Waals surface area contributed by atoms with Crippen molar-refractivity contribution in [1.82, 2.24) is 0 Å². The largest absolute Gasteiger partial charge is 0.573 e. The average molecular weight is 388 g/mol. The van der Waals surface area contributed by atoms with E-state index in [1.54, 1.807) is 0 Å². The van der Waals surface area contributed by atoms with E-state index in [-0.39, 0.29) is 35.6 Å². The van der Waals surface area contributed by atoms with Crippen molar-refractivity contribution >= 4 is 12.4 Å². The molecule has 0 aliphatic carbocycles. The predicted molar refractivity (Wildman–Crippen MR) is 80.4 cm³/mol. The fourth-order valence-electron chi connectivity index (χ4n) is 2.05. The third-order valence-electron chi connectivity index (χ3n) is 2.86. The minimum absolute atomic E-state index is 0. The molecule has 0 aromatic heterocycles. The van der Waals surface area contributed by atoms with Gasteiger partial charge in [-0.25, -0.2) is 0 Å². The van der Waals surface area contributed by atoms with Gasteiger partial charge in [0.1, 0.15) is 11.5 Å². The number of halogens is 7. The van der Waals surface area contributed by atoms with E-state index in [2.05, 4.69) is 9.47 Å². The van der Waals surface area contributed by atoms with Gasteiger partial charge in [-0.2, -0.15) is 0 Å². The summed E-state index contributed by atoms with van der Waals surface area (Å²) in [6.07, 6.45) is -9.88. The van der Waals surface area contributed by atoms with Crippen molar-refractivity contribution in [2.45, 2.75) is 19.3 Å². The summed E-state index contributed by atoms with van der Waals surface area (Å²) in [6.45, 7) is -0.121.